The molecule has 0 aliphatic rings. The monoisotopic (exact) mass is 345 g/mol. The zero-order chi connectivity index (χ0) is 18.2. The smallest absolute Gasteiger partial charge is 0.422 e. The third kappa shape index (κ3) is 2.64. The van der Waals surface area contributed by atoms with Crippen LogP contribution in [0.2, 0.25) is 0 Å². The van der Waals surface area contributed by atoms with Crippen LogP contribution in [0.25, 0.3) is 5.69 Å². The SMILES string of the molecule is COC(=O)c1c(N)c(C#N)cn1-c1ccc(F)c(C(F)(F)F)c1F. The fourth-order valence-corrected chi connectivity index (χ4v) is 2.09. The highest BCUT2D eigenvalue weighted by molar-refractivity contribution is 5.96. The lowest BCUT2D eigenvalue weighted by Crippen LogP contribution is -2.16. The summed E-state index contributed by atoms with van der Waals surface area (Å²) in [5, 5.41) is 8.93. The molecular weight excluding hydrogens is 337 g/mol. The number of carbonyl (C=O) groups excluding carboxylic acids is 1. The Morgan fingerprint density at radius 1 is 1.33 bits per heavy atom. The normalized spacial score (nSPS) is 11.2. The number of halogens is 5. The quantitative estimate of drug-likeness (QED) is 0.670. The van der Waals surface area contributed by atoms with Crippen molar-refractivity contribution < 1.29 is 31.5 Å². The maximum Gasteiger partial charge on any atom is 0.422 e. The summed E-state index contributed by atoms with van der Waals surface area (Å²) in [4.78, 5) is 11.8. The number of nitriles is 1. The van der Waals surface area contributed by atoms with E-state index in [1.165, 1.54) is 0 Å². The van der Waals surface area contributed by atoms with E-state index in [9.17, 15) is 26.7 Å². The first-order valence-corrected chi connectivity index (χ1v) is 6.18. The summed E-state index contributed by atoms with van der Waals surface area (Å²) in [6.07, 6.45) is -4.44. The van der Waals surface area contributed by atoms with Crippen LogP contribution >= 0.6 is 0 Å². The van der Waals surface area contributed by atoms with Crippen LogP contribution in [0.3, 0.4) is 0 Å². The van der Waals surface area contributed by atoms with Gasteiger partial charge in [-0.15, -0.1) is 0 Å². The van der Waals surface area contributed by atoms with E-state index in [2.05, 4.69) is 4.74 Å². The molecule has 0 aliphatic heterocycles. The number of nitrogens with zero attached hydrogens (tertiary/aromatic N) is 2. The summed E-state index contributed by atoms with van der Waals surface area (Å²) in [5.41, 5.74) is 1.40. The Labute approximate surface area is 131 Å². The van der Waals surface area contributed by atoms with Crippen LogP contribution in [-0.2, 0) is 10.9 Å². The molecule has 0 amide bonds. The van der Waals surface area contributed by atoms with Crippen molar-refractivity contribution in [2.24, 2.45) is 0 Å². The van der Waals surface area contributed by atoms with Gasteiger partial charge in [0.1, 0.15) is 17.4 Å². The van der Waals surface area contributed by atoms with Gasteiger partial charge >= 0.3 is 12.1 Å². The predicted molar refractivity (Wildman–Crippen MR) is 71.2 cm³/mol. The first-order valence-electron chi connectivity index (χ1n) is 6.18. The fourth-order valence-electron chi connectivity index (χ4n) is 2.09. The Kier molecular flexibility index (Phi) is 4.20. The minimum absolute atomic E-state index is 0.285. The van der Waals surface area contributed by atoms with Crippen LogP contribution in [0.1, 0.15) is 21.6 Å². The molecule has 10 heteroatoms. The zero-order valence-electron chi connectivity index (χ0n) is 11.9. The first-order chi connectivity index (χ1) is 11.1. The van der Waals surface area contributed by atoms with Gasteiger partial charge in [-0.1, -0.05) is 0 Å². The summed E-state index contributed by atoms with van der Waals surface area (Å²) in [7, 11) is 0.966. The van der Waals surface area contributed by atoms with Crippen molar-refractivity contribution in [3.05, 3.63) is 46.8 Å². The fraction of sp³-hybridized carbons (Fsp3) is 0.143. The molecule has 0 bridgehead atoms. The molecule has 24 heavy (non-hydrogen) atoms. The van der Waals surface area contributed by atoms with Crippen molar-refractivity contribution in [3.63, 3.8) is 0 Å². The molecule has 0 spiro atoms. The van der Waals surface area contributed by atoms with Gasteiger partial charge < -0.3 is 15.0 Å². The number of benzene rings is 1. The summed E-state index contributed by atoms with van der Waals surface area (Å²) < 4.78 is 71.1. The largest absolute Gasteiger partial charge is 0.464 e. The van der Waals surface area contributed by atoms with Gasteiger partial charge in [-0.05, 0) is 12.1 Å². The van der Waals surface area contributed by atoms with Crippen molar-refractivity contribution in [1.29, 1.82) is 5.26 Å². The second kappa shape index (κ2) is 5.84. The highest BCUT2D eigenvalue weighted by Crippen LogP contribution is 2.36. The minimum atomic E-state index is -5.30. The standard InChI is InChI=1S/C14H8F5N3O2/c1-24-13(23)12-11(21)6(4-20)5-22(12)8-3-2-7(15)9(10(8)16)14(17,18)19/h2-3,5H,21H2,1H3. The molecule has 0 saturated heterocycles. The number of alkyl halides is 3. The number of aromatic nitrogens is 1. The Morgan fingerprint density at radius 3 is 2.46 bits per heavy atom. The number of hydrogen-bond donors (Lipinski definition) is 1. The van der Waals surface area contributed by atoms with Crippen LogP contribution in [0.4, 0.5) is 27.6 Å². The second-order valence-corrected chi connectivity index (χ2v) is 4.53. The number of methoxy groups -OCH3 is 1. The van der Waals surface area contributed by atoms with Crippen LogP contribution in [0.15, 0.2) is 18.3 Å². The number of hydrogen-bond acceptors (Lipinski definition) is 4. The van der Waals surface area contributed by atoms with Crippen LogP contribution in [0, 0.1) is 23.0 Å². The van der Waals surface area contributed by atoms with Gasteiger partial charge in [-0.2, -0.15) is 18.4 Å². The van der Waals surface area contributed by atoms with Crippen LogP contribution in [0.5, 0.6) is 0 Å². The van der Waals surface area contributed by atoms with E-state index in [4.69, 9.17) is 11.0 Å². The zero-order valence-corrected chi connectivity index (χ0v) is 11.9. The number of nitrogens with two attached hydrogens (primary N) is 1. The van der Waals surface area contributed by atoms with Gasteiger partial charge in [0.25, 0.3) is 0 Å². The van der Waals surface area contributed by atoms with Crippen molar-refractivity contribution in [3.8, 4) is 11.8 Å². The lowest BCUT2D eigenvalue weighted by Gasteiger charge is -2.14. The molecule has 2 aromatic rings. The summed E-state index contributed by atoms with van der Waals surface area (Å²) in [6, 6.07) is 2.69. The molecule has 1 aromatic carbocycles. The molecule has 0 atom stereocenters. The van der Waals surface area contributed by atoms with E-state index in [1.807, 2.05) is 0 Å². The van der Waals surface area contributed by atoms with E-state index in [-0.39, 0.29) is 5.56 Å². The van der Waals surface area contributed by atoms with Crippen molar-refractivity contribution >= 4 is 11.7 Å². The molecule has 126 valence electrons. The molecule has 0 unspecified atom stereocenters. The summed E-state index contributed by atoms with van der Waals surface area (Å²) in [5.74, 6) is -4.87. The van der Waals surface area contributed by atoms with Gasteiger partial charge in [-0.25, -0.2) is 13.6 Å². The average Bonchev–Trinajstić information content (AvgIpc) is 2.81. The molecule has 2 N–H and O–H groups in total. The Morgan fingerprint density at radius 2 is 1.96 bits per heavy atom. The van der Waals surface area contributed by atoms with Gasteiger partial charge in [0.05, 0.1) is 24.0 Å². The number of carbonyl (C=O) groups is 1. The van der Waals surface area contributed by atoms with E-state index < -0.39 is 46.4 Å². The minimum Gasteiger partial charge on any atom is -0.464 e. The third-order valence-corrected chi connectivity index (χ3v) is 3.16. The number of rotatable bonds is 2. The molecule has 0 aliphatic carbocycles. The van der Waals surface area contributed by atoms with E-state index >= 15 is 0 Å². The molecule has 0 fully saturated rings. The number of esters is 1. The van der Waals surface area contributed by atoms with Gasteiger partial charge in [0.15, 0.2) is 11.5 Å². The van der Waals surface area contributed by atoms with Gasteiger partial charge in [0.2, 0.25) is 0 Å². The highest BCUT2D eigenvalue weighted by atomic mass is 19.4. The van der Waals surface area contributed by atoms with Crippen molar-refractivity contribution in [2.75, 3.05) is 12.8 Å². The Bertz CT molecular complexity index is 865. The number of nitrogen functional groups attached to an aromatic ring is 1. The maximum absolute atomic E-state index is 14.3. The Balaban J connectivity index is 2.84. The molecule has 2 rings (SSSR count). The first kappa shape index (κ1) is 17.3. The molecule has 5 nitrogen and oxygen atoms in total. The summed E-state index contributed by atoms with van der Waals surface area (Å²) in [6.45, 7) is 0. The number of ether oxygens (including phenoxy) is 1. The van der Waals surface area contributed by atoms with Gasteiger partial charge in [0, 0.05) is 6.20 Å². The van der Waals surface area contributed by atoms with Crippen molar-refractivity contribution in [2.45, 2.75) is 6.18 Å². The topological polar surface area (TPSA) is 81.0 Å². The molecule has 1 heterocycles. The predicted octanol–water partition coefficient (Wildman–Crippen LogP) is 3.01. The van der Waals surface area contributed by atoms with E-state index in [1.54, 1.807) is 6.07 Å². The van der Waals surface area contributed by atoms with Crippen molar-refractivity contribution in [1.82, 2.24) is 4.57 Å². The maximum atomic E-state index is 14.3. The lowest BCUT2D eigenvalue weighted by molar-refractivity contribution is -0.142. The Hall–Kier alpha value is -3.09. The second-order valence-electron chi connectivity index (χ2n) is 4.53. The third-order valence-electron chi connectivity index (χ3n) is 3.16. The molecular formula is C14H8F5N3O2. The van der Waals surface area contributed by atoms with Crippen LogP contribution in [-0.4, -0.2) is 17.6 Å². The van der Waals surface area contributed by atoms with E-state index in [0.29, 0.717) is 16.7 Å². The van der Waals surface area contributed by atoms with E-state index in [0.717, 1.165) is 13.3 Å². The summed E-state index contributed by atoms with van der Waals surface area (Å²) >= 11 is 0. The molecule has 0 radical (unpaired) electrons. The lowest BCUT2D eigenvalue weighted by atomic mass is 10.1. The van der Waals surface area contributed by atoms with Gasteiger partial charge in [-0.3, -0.25) is 0 Å². The average molecular weight is 345 g/mol. The number of anilines is 1. The van der Waals surface area contributed by atoms with Crippen LogP contribution < -0.4 is 5.73 Å². The molecule has 1 aromatic heterocycles. The molecule has 0 saturated carbocycles. The highest BCUT2D eigenvalue weighted by Gasteiger charge is 2.39.